The van der Waals surface area contributed by atoms with Gasteiger partial charge in [0.15, 0.2) is 0 Å². The lowest BCUT2D eigenvalue weighted by molar-refractivity contribution is -0.148. The van der Waals surface area contributed by atoms with Crippen LogP contribution in [0.25, 0.3) is 11.0 Å². The van der Waals surface area contributed by atoms with E-state index in [0.717, 1.165) is 0 Å². The molecule has 2 heterocycles. The van der Waals surface area contributed by atoms with Crippen molar-refractivity contribution in [1.82, 2.24) is 4.90 Å². The van der Waals surface area contributed by atoms with Gasteiger partial charge >= 0.3 is 5.63 Å². The summed E-state index contributed by atoms with van der Waals surface area (Å²) in [6.45, 7) is 4.86. The largest absolute Gasteiger partial charge is 0.422 e. The number of para-hydroxylation sites is 1. The second-order valence-corrected chi connectivity index (χ2v) is 7.91. The number of fused-ring (bicyclic) bond motifs is 2. The van der Waals surface area contributed by atoms with Gasteiger partial charge in [-0.1, -0.05) is 32.0 Å². The highest BCUT2D eigenvalue weighted by Gasteiger charge is 2.66. The maximum absolute atomic E-state index is 12.9. The molecule has 6 nitrogen and oxygen atoms in total. The first-order chi connectivity index (χ1) is 11.7. The molecule has 4 rings (SSSR count). The molecule has 2 amide bonds. The average molecular weight is 340 g/mol. The Bertz CT molecular complexity index is 961. The van der Waals surface area contributed by atoms with Crippen molar-refractivity contribution in [3.05, 3.63) is 46.3 Å². The Labute approximate surface area is 144 Å². The number of hydrogen-bond donors (Lipinski definition) is 1. The van der Waals surface area contributed by atoms with Gasteiger partial charge in [-0.3, -0.25) is 9.59 Å². The number of likely N-dealkylation sites (tertiary alicyclic amines) is 1. The van der Waals surface area contributed by atoms with Gasteiger partial charge in [0.25, 0.3) is 5.91 Å². The third kappa shape index (κ3) is 2.13. The summed E-state index contributed by atoms with van der Waals surface area (Å²) in [5, 5.41) is 0.692. The predicted molar refractivity (Wildman–Crippen MR) is 91.9 cm³/mol. The Morgan fingerprint density at radius 3 is 2.64 bits per heavy atom. The number of nitrogens with two attached hydrogens (primary N) is 1. The first-order valence-electron chi connectivity index (χ1n) is 8.37. The van der Waals surface area contributed by atoms with E-state index in [1.165, 1.54) is 0 Å². The molecule has 2 fully saturated rings. The zero-order valence-electron chi connectivity index (χ0n) is 14.2. The number of nitrogens with zero attached hydrogens (tertiary/aromatic N) is 1. The molecule has 6 heteroatoms. The Hall–Kier alpha value is -2.63. The van der Waals surface area contributed by atoms with E-state index in [0.29, 0.717) is 23.9 Å². The summed E-state index contributed by atoms with van der Waals surface area (Å²) in [6.07, 6.45) is 0.663. The molecule has 2 aromatic rings. The van der Waals surface area contributed by atoms with Crippen LogP contribution in [-0.2, 0) is 4.79 Å². The lowest BCUT2D eigenvalue weighted by Gasteiger charge is -2.54. The molecule has 0 bridgehead atoms. The molecular formula is C19H20N2O4. The Morgan fingerprint density at radius 2 is 2.00 bits per heavy atom. The lowest BCUT2D eigenvalue weighted by atomic mass is 9.48. The predicted octanol–water partition coefficient (Wildman–Crippen LogP) is 1.77. The van der Waals surface area contributed by atoms with Crippen LogP contribution in [0, 0.1) is 16.7 Å². The summed E-state index contributed by atoms with van der Waals surface area (Å²) >= 11 is 0. The van der Waals surface area contributed by atoms with Gasteiger partial charge in [-0.25, -0.2) is 4.79 Å². The van der Waals surface area contributed by atoms with Crippen molar-refractivity contribution < 1.29 is 14.0 Å². The molecule has 1 aromatic heterocycles. The molecule has 1 saturated carbocycles. The van der Waals surface area contributed by atoms with Crippen LogP contribution in [0.3, 0.4) is 0 Å². The zero-order valence-corrected chi connectivity index (χ0v) is 14.2. The third-order valence-electron chi connectivity index (χ3n) is 5.91. The number of primary amides is 1. The molecule has 1 aliphatic carbocycles. The maximum atomic E-state index is 12.9. The van der Waals surface area contributed by atoms with Crippen LogP contribution >= 0.6 is 0 Å². The highest BCUT2D eigenvalue weighted by Crippen LogP contribution is 2.62. The summed E-state index contributed by atoms with van der Waals surface area (Å²) < 4.78 is 5.26. The number of amides is 2. The topological polar surface area (TPSA) is 93.6 Å². The minimum Gasteiger partial charge on any atom is -0.422 e. The SMILES string of the molecule is CC1(C)C[C@]2(C(N)=O)CN(C(=O)c3cc4ccccc4oc3=O)C[C@H]12. The highest BCUT2D eigenvalue weighted by molar-refractivity contribution is 5.97. The number of carbonyl (C=O) groups excluding carboxylic acids is 2. The van der Waals surface area contributed by atoms with Gasteiger partial charge in [0, 0.05) is 18.5 Å². The van der Waals surface area contributed by atoms with E-state index in [1.54, 1.807) is 29.2 Å². The molecular weight excluding hydrogens is 320 g/mol. The maximum Gasteiger partial charge on any atom is 0.349 e. The van der Waals surface area contributed by atoms with Crippen molar-refractivity contribution in [1.29, 1.82) is 0 Å². The molecule has 2 N–H and O–H groups in total. The van der Waals surface area contributed by atoms with Crippen molar-refractivity contribution in [3.63, 3.8) is 0 Å². The zero-order chi connectivity index (χ0) is 18.0. The van der Waals surface area contributed by atoms with Crippen LogP contribution in [0.1, 0.15) is 30.6 Å². The van der Waals surface area contributed by atoms with Crippen LogP contribution in [-0.4, -0.2) is 29.8 Å². The average Bonchev–Trinajstić information content (AvgIpc) is 2.90. The van der Waals surface area contributed by atoms with E-state index in [4.69, 9.17) is 10.2 Å². The van der Waals surface area contributed by atoms with Crippen molar-refractivity contribution in [2.45, 2.75) is 20.3 Å². The van der Waals surface area contributed by atoms with Gasteiger partial charge in [-0.05, 0) is 29.9 Å². The van der Waals surface area contributed by atoms with Crippen molar-refractivity contribution in [2.75, 3.05) is 13.1 Å². The summed E-state index contributed by atoms with van der Waals surface area (Å²) in [5.74, 6) is -0.739. The van der Waals surface area contributed by atoms with Crippen LogP contribution in [0.5, 0.6) is 0 Å². The van der Waals surface area contributed by atoms with E-state index in [9.17, 15) is 14.4 Å². The summed E-state index contributed by atoms with van der Waals surface area (Å²) in [4.78, 5) is 38.8. The number of hydrogen-bond acceptors (Lipinski definition) is 4. The van der Waals surface area contributed by atoms with E-state index in [1.807, 2.05) is 6.07 Å². The fraction of sp³-hybridized carbons (Fsp3) is 0.421. The fourth-order valence-electron chi connectivity index (χ4n) is 4.76. The molecule has 0 radical (unpaired) electrons. The van der Waals surface area contributed by atoms with Crippen LogP contribution in [0.4, 0.5) is 0 Å². The molecule has 1 saturated heterocycles. The third-order valence-corrected chi connectivity index (χ3v) is 5.91. The highest BCUT2D eigenvalue weighted by atomic mass is 16.4. The Morgan fingerprint density at radius 1 is 1.28 bits per heavy atom. The van der Waals surface area contributed by atoms with E-state index in [-0.39, 0.29) is 29.3 Å². The van der Waals surface area contributed by atoms with Crippen molar-refractivity contribution in [2.24, 2.45) is 22.5 Å². The Kier molecular flexibility index (Phi) is 3.14. The molecule has 1 aliphatic heterocycles. The van der Waals surface area contributed by atoms with Crippen LogP contribution in [0.2, 0.25) is 0 Å². The number of benzene rings is 1. The summed E-state index contributed by atoms with van der Waals surface area (Å²) in [7, 11) is 0. The van der Waals surface area contributed by atoms with Crippen molar-refractivity contribution >= 4 is 22.8 Å². The Balaban J connectivity index is 1.70. The molecule has 25 heavy (non-hydrogen) atoms. The quantitative estimate of drug-likeness (QED) is 0.843. The van der Waals surface area contributed by atoms with Gasteiger partial charge in [0.2, 0.25) is 5.91 Å². The number of rotatable bonds is 2. The first-order valence-corrected chi connectivity index (χ1v) is 8.37. The van der Waals surface area contributed by atoms with Gasteiger partial charge in [0.1, 0.15) is 11.1 Å². The molecule has 130 valence electrons. The molecule has 0 spiro atoms. The van der Waals surface area contributed by atoms with E-state index >= 15 is 0 Å². The fourth-order valence-corrected chi connectivity index (χ4v) is 4.76. The minimum atomic E-state index is -0.670. The number of carbonyl (C=O) groups is 2. The molecule has 2 aliphatic rings. The lowest BCUT2D eigenvalue weighted by Crippen LogP contribution is -2.59. The molecule has 1 aromatic carbocycles. The smallest absolute Gasteiger partial charge is 0.349 e. The summed E-state index contributed by atoms with van der Waals surface area (Å²) in [6, 6.07) is 8.62. The second kappa shape index (κ2) is 4.94. The van der Waals surface area contributed by atoms with E-state index in [2.05, 4.69) is 13.8 Å². The standard InChI is InChI=1S/C19H20N2O4/c1-18(2)9-19(17(20)24)10-21(8-14(18)19)15(22)12-7-11-5-3-4-6-13(11)25-16(12)23/h3-7,14H,8-10H2,1-2H3,(H2,20,24)/t14-,19+/m1/s1. The molecule has 2 atom stereocenters. The van der Waals surface area contributed by atoms with E-state index < -0.39 is 16.9 Å². The monoisotopic (exact) mass is 340 g/mol. The van der Waals surface area contributed by atoms with Gasteiger partial charge in [0.05, 0.1) is 5.41 Å². The normalized spacial score (nSPS) is 27.0. The molecule has 0 unspecified atom stereocenters. The van der Waals surface area contributed by atoms with Gasteiger partial charge < -0.3 is 15.1 Å². The summed E-state index contributed by atoms with van der Waals surface area (Å²) in [5.41, 5.74) is 4.71. The van der Waals surface area contributed by atoms with Gasteiger partial charge in [-0.2, -0.15) is 0 Å². The second-order valence-electron chi connectivity index (χ2n) is 7.91. The van der Waals surface area contributed by atoms with Crippen molar-refractivity contribution in [3.8, 4) is 0 Å². The minimum absolute atomic E-state index is 0.00238. The van der Waals surface area contributed by atoms with Crippen LogP contribution in [0.15, 0.2) is 39.5 Å². The van der Waals surface area contributed by atoms with Crippen LogP contribution < -0.4 is 11.4 Å². The van der Waals surface area contributed by atoms with Gasteiger partial charge in [-0.15, -0.1) is 0 Å². The first kappa shape index (κ1) is 15.9.